The highest BCUT2D eigenvalue weighted by Crippen LogP contribution is 2.15. The van der Waals surface area contributed by atoms with Crippen molar-refractivity contribution in [1.29, 1.82) is 5.26 Å². The van der Waals surface area contributed by atoms with Crippen LogP contribution in [0, 0.1) is 11.3 Å². The third-order valence-corrected chi connectivity index (χ3v) is 3.17. The Hall–Kier alpha value is -2.79. The minimum absolute atomic E-state index is 0.664. The Kier molecular flexibility index (Phi) is 4.95. The van der Waals surface area contributed by atoms with Crippen molar-refractivity contribution in [3.05, 3.63) is 77.9 Å². The van der Waals surface area contributed by atoms with Crippen LogP contribution in [0.3, 0.4) is 0 Å². The molecule has 2 heteroatoms. The van der Waals surface area contributed by atoms with Crippen molar-refractivity contribution >= 4 is 17.3 Å². The predicted molar refractivity (Wildman–Crippen MR) is 89.8 cm³/mol. The van der Waals surface area contributed by atoms with Crippen LogP contribution in [-0.2, 0) is 0 Å². The summed E-state index contributed by atoms with van der Waals surface area (Å²) in [4.78, 5) is 2.07. The molecular formula is C19H18N2. The molecule has 0 aliphatic heterocycles. The zero-order valence-corrected chi connectivity index (χ0v) is 12.3. The fraction of sp³-hybridized carbons (Fsp3) is 0.105. The summed E-state index contributed by atoms with van der Waals surface area (Å²) in [5, 5.41) is 9.22. The van der Waals surface area contributed by atoms with E-state index in [0.29, 0.717) is 5.57 Å². The fourth-order valence-electron chi connectivity index (χ4n) is 1.95. The molecule has 0 radical (unpaired) electrons. The molecule has 0 aromatic heterocycles. The molecule has 0 saturated heterocycles. The number of hydrogen-bond donors (Lipinski definition) is 0. The summed E-state index contributed by atoms with van der Waals surface area (Å²) in [5.74, 6) is 0. The topological polar surface area (TPSA) is 27.0 Å². The summed E-state index contributed by atoms with van der Waals surface area (Å²) in [5.41, 5.74) is 3.89. The van der Waals surface area contributed by atoms with Crippen molar-refractivity contribution in [3.63, 3.8) is 0 Å². The number of anilines is 1. The first-order valence-corrected chi connectivity index (χ1v) is 6.82. The van der Waals surface area contributed by atoms with Crippen LogP contribution >= 0.6 is 0 Å². The Morgan fingerprint density at radius 2 is 1.67 bits per heavy atom. The second-order valence-electron chi connectivity index (χ2n) is 4.90. The number of rotatable bonds is 4. The second-order valence-corrected chi connectivity index (χ2v) is 4.90. The van der Waals surface area contributed by atoms with E-state index >= 15 is 0 Å². The maximum absolute atomic E-state index is 9.22. The van der Waals surface area contributed by atoms with Crippen LogP contribution < -0.4 is 4.90 Å². The van der Waals surface area contributed by atoms with E-state index in [0.717, 1.165) is 11.1 Å². The van der Waals surface area contributed by atoms with Crippen molar-refractivity contribution in [2.24, 2.45) is 0 Å². The predicted octanol–water partition coefficient (Wildman–Crippen LogP) is 4.37. The first-order valence-electron chi connectivity index (χ1n) is 6.82. The summed E-state index contributed by atoms with van der Waals surface area (Å²) in [6.45, 7) is 0. The van der Waals surface area contributed by atoms with Crippen LogP contribution in [-0.4, -0.2) is 14.1 Å². The molecule has 2 aromatic rings. The first kappa shape index (κ1) is 14.6. The van der Waals surface area contributed by atoms with Crippen LogP contribution in [0.15, 0.2) is 66.7 Å². The molecule has 0 aliphatic carbocycles. The lowest BCUT2D eigenvalue weighted by Crippen LogP contribution is -2.07. The van der Waals surface area contributed by atoms with E-state index in [1.54, 1.807) is 0 Å². The van der Waals surface area contributed by atoms with Gasteiger partial charge in [0.1, 0.15) is 0 Å². The van der Waals surface area contributed by atoms with Crippen molar-refractivity contribution in [2.75, 3.05) is 19.0 Å². The second kappa shape index (κ2) is 7.12. The number of allylic oxidation sites excluding steroid dienone is 3. The molecule has 0 N–H and O–H groups in total. The zero-order chi connectivity index (χ0) is 15.1. The summed E-state index contributed by atoms with van der Waals surface area (Å²) < 4.78 is 0. The average Bonchev–Trinajstić information content (AvgIpc) is 2.53. The smallest absolute Gasteiger partial charge is 0.0997 e. The number of benzene rings is 2. The van der Waals surface area contributed by atoms with E-state index in [1.165, 1.54) is 5.69 Å². The van der Waals surface area contributed by atoms with E-state index in [9.17, 15) is 5.26 Å². The van der Waals surface area contributed by atoms with Crippen LogP contribution in [0.25, 0.3) is 11.6 Å². The van der Waals surface area contributed by atoms with Crippen LogP contribution in [0.5, 0.6) is 0 Å². The monoisotopic (exact) mass is 274 g/mol. The molecular weight excluding hydrogens is 256 g/mol. The van der Waals surface area contributed by atoms with E-state index in [4.69, 9.17) is 0 Å². The van der Waals surface area contributed by atoms with Crippen LogP contribution in [0.2, 0.25) is 0 Å². The maximum Gasteiger partial charge on any atom is 0.0997 e. The van der Waals surface area contributed by atoms with Gasteiger partial charge in [0.05, 0.1) is 11.6 Å². The summed E-state index contributed by atoms with van der Waals surface area (Å²) in [6.07, 6.45) is 5.76. The molecule has 0 heterocycles. The molecule has 0 fully saturated rings. The van der Waals surface area contributed by atoms with Gasteiger partial charge in [-0.25, -0.2) is 0 Å². The number of hydrogen-bond acceptors (Lipinski definition) is 2. The van der Waals surface area contributed by atoms with Gasteiger partial charge in [-0.05, 0) is 29.3 Å². The molecule has 0 amide bonds. The highest BCUT2D eigenvalue weighted by molar-refractivity contribution is 5.78. The molecule has 2 aromatic carbocycles. The van der Waals surface area contributed by atoms with Crippen LogP contribution in [0.4, 0.5) is 5.69 Å². The van der Waals surface area contributed by atoms with E-state index in [2.05, 4.69) is 35.2 Å². The molecule has 2 nitrogen and oxygen atoms in total. The van der Waals surface area contributed by atoms with Crippen molar-refractivity contribution < 1.29 is 0 Å². The Labute approximate surface area is 126 Å². The molecule has 0 bridgehead atoms. The lowest BCUT2D eigenvalue weighted by molar-refractivity contribution is 1.13. The molecule has 0 saturated carbocycles. The van der Waals surface area contributed by atoms with Crippen molar-refractivity contribution in [3.8, 4) is 6.07 Å². The highest BCUT2D eigenvalue weighted by Gasteiger charge is 1.97. The van der Waals surface area contributed by atoms with Gasteiger partial charge in [-0.3, -0.25) is 0 Å². The normalized spacial score (nSPS) is 11.4. The Morgan fingerprint density at radius 3 is 2.24 bits per heavy atom. The molecule has 0 atom stereocenters. The van der Waals surface area contributed by atoms with E-state index in [1.807, 2.05) is 62.7 Å². The van der Waals surface area contributed by atoms with Crippen LogP contribution in [0.1, 0.15) is 11.1 Å². The van der Waals surface area contributed by atoms with Gasteiger partial charge >= 0.3 is 0 Å². The third kappa shape index (κ3) is 4.09. The molecule has 21 heavy (non-hydrogen) atoms. The first-order chi connectivity index (χ1) is 10.2. The summed E-state index contributed by atoms with van der Waals surface area (Å²) in [7, 11) is 4.04. The molecule has 0 aliphatic rings. The van der Waals surface area contributed by atoms with E-state index < -0.39 is 0 Å². The summed E-state index contributed by atoms with van der Waals surface area (Å²) >= 11 is 0. The minimum atomic E-state index is 0.664. The third-order valence-electron chi connectivity index (χ3n) is 3.17. The van der Waals surface area contributed by atoms with Gasteiger partial charge in [-0.15, -0.1) is 0 Å². The van der Waals surface area contributed by atoms with Gasteiger partial charge in [-0.1, -0.05) is 54.6 Å². The quantitative estimate of drug-likeness (QED) is 0.611. The lowest BCUT2D eigenvalue weighted by atomic mass is 10.1. The maximum atomic E-state index is 9.22. The Bertz CT molecular complexity index is 672. The van der Waals surface area contributed by atoms with Crippen molar-refractivity contribution in [2.45, 2.75) is 0 Å². The van der Waals surface area contributed by atoms with Gasteiger partial charge in [0.15, 0.2) is 0 Å². The molecule has 2 rings (SSSR count). The highest BCUT2D eigenvalue weighted by atomic mass is 15.1. The molecule has 0 spiro atoms. The standard InChI is InChI=1S/C19H18N2/c1-21(2)19-13-11-16(12-14-19)7-6-10-18(15-20)17-8-4-3-5-9-17/h3-14H,1-2H3/b7-6-,18-10-. The minimum Gasteiger partial charge on any atom is -0.378 e. The van der Waals surface area contributed by atoms with Gasteiger partial charge < -0.3 is 4.90 Å². The largest absolute Gasteiger partial charge is 0.378 e. The number of nitriles is 1. The summed E-state index contributed by atoms with van der Waals surface area (Å²) in [6, 6.07) is 20.2. The Morgan fingerprint density at radius 1 is 1.00 bits per heavy atom. The molecule has 104 valence electrons. The van der Waals surface area contributed by atoms with Gasteiger partial charge in [0.25, 0.3) is 0 Å². The van der Waals surface area contributed by atoms with Crippen molar-refractivity contribution in [1.82, 2.24) is 0 Å². The zero-order valence-electron chi connectivity index (χ0n) is 12.3. The van der Waals surface area contributed by atoms with Gasteiger partial charge in [0.2, 0.25) is 0 Å². The average molecular weight is 274 g/mol. The SMILES string of the molecule is CN(C)c1ccc(/C=C\C=C(\C#N)c2ccccc2)cc1. The van der Waals surface area contributed by atoms with Gasteiger partial charge in [-0.2, -0.15) is 5.26 Å². The Balaban J connectivity index is 2.13. The lowest BCUT2D eigenvalue weighted by Gasteiger charge is -2.11. The van der Waals surface area contributed by atoms with Gasteiger partial charge in [0, 0.05) is 19.8 Å². The van der Waals surface area contributed by atoms with E-state index in [-0.39, 0.29) is 0 Å². The number of nitrogens with zero attached hydrogens (tertiary/aromatic N) is 2. The fourth-order valence-corrected chi connectivity index (χ4v) is 1.95. The molecule has 0 unspecified atom stereocenters.